The SMILES string of the molecule is O=C(N1CC(c2cc(F)ccc2F)=C[C@H]1CO)N(c1ccccc1)[C@@H]1CNC[C@H]1F. The van der Waals surface area contributed by atoms with E-state index in [4.69, 9.17) is 0 Å². The van der Waals surface area contributed by atoms with Gasteiger partial charge in [-0.25, -0.2) is 18.0 Å². The molecule has 2 aliphatic rings. The van der Waals surface area contributed by atoms with Crippen LogP contribution in [0.3, 0.4) is 0 Å². The number of nitrogens with zero attached hydrogens (tertiary/aromatic N) is 2. The highest BCUT2D eigenvalue weighted by atomic mass is 19.1. The number of aliphatic hydroxyl groups excluding tert-OH is 1. The summed E-state index contributed by atoms with van der Waals surface area (Å²) in [5.74, 6) is -1.21. The quantitative estimate of drug-likeness (QED) is 0.804. The molecular formula is C22H22F3N3O2. The van der Waals surface area contributed by atoms with Crippen molar-refractivity contribution in [1.82, 2.24) is 10.2 Å². The van der Waals surface area contributed by atoms with Crippen molar-refractivity contribution in [3.05, 3.63) is 71.8 Å². The number of para-hydroxylation sites is 1. The van der Waals surface area contributed by atoms with Gasteiger partial charge in [0, 0.05) is 30.9 Å². The molecule has 0 aliphatic carbocycles. The van der Waals surface area contributed by atoms with E-state index < -0.39 is 42.5 Å². The lowest BCUT2D eigenvalue weighted by molar-refractivity contribution is 0.168. The Bertz CT molecular complexity index is 954. The molecule has 3 atom stereocenters. The number of nitrogens with one attached hydrogen (secondary N) is 1. The first kappa shape index (κ1) is 20.4. The summed E-state index contributed by atoms with van der Waals surface area (Å²) >= 11 is 0. The number of benzene rings is 2. The molecule has 0 unspecified atom stereocenters. The zero-order chi connectivity index (χ0) is 21.3. The summed E-state index contributed by atoms with van der Waals surface area (Å²) in [5, 5.41) is 12.8. The Kier molecular flexibility index (Phi) is 5.78. The molecule has 2 aliphatic heterocycles. The molecule has 0 saturated carbocycles. The van der Waals surface area contributed by atoms with E-state index in [-0.39, 0.29) is 25.2 Å². The van der Waals surface area contributed by atoms with Gasteiger partial charge in [0.05, 0.1) is 18.7 Å². The number of carbonyl (C=O) groups excluding carboxylic acids is 1. The minimum atomic E-state index is -1.25. The predicted octanol–water partition coefficient (Wildman–Crippen LogP) is 2.96. The Morgan fingerprint density at radius 2 is 1.93 bits per heavy atom. The van der Waals surface area contributed by atoms with Crippen LogP contribution in [-0.2, 0) is 0 Å². The lowest BCUT2D eigenvalue weighted by Crippen LogP contribution is -2.54. The molecule has 2 aromatic carbocycles. The topological polar surface area (TPSA) is 55.8 Å². The lowest BCUT2D eigenvalue weighted by Gasteiger charge is -2.35. The Hall–Kier alpha value is -2.84. The van der Waals surface area contributed by atoms with Crippen molar-refractivity contribution < 1.29 is 23.1 Å². The maximum atomic E-state index is 14.6. The van der Waals surface area contributed by atoms with E-state index >= 15 is 0 Å². The molecule has 0 aromatic heterocycles. The zero-order valence-corrected chi connectivity index (χ0v) is 16.1. The van der Waals surface area contributed by atoms with Gasteiger partial charge in [-0.3, -0.25) is 4.90 Å². The molecule has 158 valence electrons. The van der Waals surface area contributed by atoms with Gasteiger partial charge in [-0.05, 0) is 35.9 Å². The van der Waals surface area contributed by atoms with Crippen molar-refractivity contribution >= 4 is 17.3 Å². The molecule has 0 spiro atoms. The molecule has 2 N–H and O–H groups in total. The van der Waals surface area contributed by atoms with Crippen molar-refractivity contribution in [3.8, 4) is 0 Å². The van der Waals surface area contributed by atoms with E-state index in [1.165, 1.54) is 9.80 Å². The Labute approximate surface area is 172 Å². The molecule has 2 aromatic rings. The van der Waals surface area contributed by atoms with E-state index in [0.29, 0.717) is 11.3 Å². The highest BCUT2D eigenvalue weighted by molar-refractivity contribution is 5.95. The van der Waals surface area contributed by atoms with Gasteiger partial charge in [0.15, 0.2) is 0 Å². The summed E-state index contributed by atoms with van der Waals surface area (Å²) in [5.41, 5.74) is 0.968. The zero-order valence-electron chi connectivity index (χ0n) is 16.1. The predicted molar refractivity (Wildman–Crippen MR) is 108 cm³/mol. The largest absolute Gasteiger partial charge is 0.394 e. The van der Waals surface area contributed by atoms with Crippen molar-refractivity contribution in [3.63, 3.8) is 0 Å². The van der Waals surface area contributed by atoms with Crippen LogP contribution in [0, 0.1) is 11.6 Å². The third kappa shape index (κ3) is 3.80. The molecule has 5 nitrogen and oxygen atoms in total. The Balaban J connectivity index is 1.66. The van der Waals surface area contributed by atoms with E-state index in [2.05, 4.69) is 5.32 Å². The summed E-state index contributed by atoms with van der Waals surface area (Å²) < 4.78 is 42.5. The number of halogens is 3. The summed E-state index contributed by atoms with van der Waals surface area (Å²) in [6, 6.07) is 9.91. The molecule has 2 amide bonds. The summed E-state index contributed by atoms with van der Waals surface area (Å²) in [4.78, 5) is 16.3. The molecule has 8 heteroatoms. The molecule has 1 fully saturated rings. The number of rotatable bonds is 4. The normalized spacial score (nSPS) is 23.5. The fraction of sp³-hybridized carbons (Fsp3) is 0.318. The van der Waals surface area contributed by atoms with Gasteiger partial charge < -0.3 is 15.3 Å². The standard InChI is InChI=1S/C22H22F3N3O2/c23-15-6-7-19(24)18(9-15)14-8-17(13-29)27(12-14)22(30)28(16-4-2-1-3-5-16)21-11-26-10-20(21)25/h1-9,17,20-21,26,29H,10-13H2/t17-,20+,21+/m0/s1. The fourth-order valence-corrected chi connectivity index (χ4v) is 4.01. The van der Waals surface area contributed by atoms with Crippen LogP contribution in [-0.4, -0.2) is 60.5 Å². The van der Waals surface area contributed by atoms with Crippen LogP contribution >= 0.6 is 0 Å². The number of carbonyl (C=O) groups is 1. The number of anilines is 1. The molecule has 4 rings (SSSR count). The average Bonchev–Trinajstić information content (AvgIpc) is 3.37. The van der Waals surface area contributed by atoms with E-state index in [9.17, 15) is 23.1 Å². The van der Waals surface area contributed by atoms with Crippen LogP contribution in [0.2, 0.25) is 0 Å². The second kappa shape index (κ2) is 8.49. The molecule has 0 radical (unpaired) electrons. The summed E-state index contributed by atoms with van der Waals surface area (Å²) in [7, 11) is 0. The summed E-state index contributed by atoms with van der Waals surface area (Å²) in [6.45, 7) is 0.0165. The van der Waals surface area contributed by atoms with Crippen LogP contribution in [0.15, 0.2) is 54.6 Å². The van der Waals surface area contributed by atoms with Gasteiger partial charge in [-0.15, -0.1) is 0 Å². The molecular weight excluding hydrogens is 395 g/mol. The highest BCUT2D eigenvalue weighted by Gasteiger charge is 2.40. The third-order valence-electron chi connectivity index (χ3n) is 5.52. The first-order chi connectivity index (χ1) is 14.5. The van der Waals surface area contributed by atoms with Crippen molar-refractivity contribution in [2.75, 3.05) is 31.1 Å². The second-order valence-electron chi connectivity index (χ2n) is 7.42. The number of amides is 2. The van der Waals surface area contributed by atoms with Gasteiger partial charge in [0.25, 0.3) is 0 Å². The average molecular weight is 417 g/mol. The van der Waals surface area contributed by atoms with Crippen LogP contribution in [0.5, 0.6) is 0 Å². The van der Waals surface area contributed by atoms with E-state index in [0.717, 1.165) is 18.2 Å². The number of aliphatic hydroxyl groups is 1. The third-order valence-corrected chi connectivity index (χ3v) is 5.52. The first-order valence-corrected chi connectivity index (χ1v) is 9.76. The van der Waals surface area contributed by atoms with Crippen LogP contribution in [0.1, 0.15) is 5.56 Å². The number of hydrogen-bond acceptors (Lipinski definition) is 3. The number of urea groups is 1. The van der Waals surface area contributed by atoms with E-state index in [1.54, 1.807) is 36.4 Å². The van der Waals surface area contributed by atoms with Gasteiger partial charge in [0.2, 0.25) is 0 Å². The van der Waals surface area contributed by atoms with Gasteiger partial charge >= 0.3 is 6.03 Å². The minimum absolute atomic E-state index is 0.0229. The lowest BCUT2D eigenvalue weighted by atomic mass is 10.1. The number of hydrogen-bond donors (Lipinski definition) is 2. The molecule has 2 heterocycles. The smallest absolute Gasteiger partial charge is 0.325 e. The number of alkyl halides is 1. The highest BCUT2D eigenvalue weighted by Crippen LogP contribution is 2.31. The minimum Gasteiger partial charge on any atom is -0.394 e. The first-order valence-electron chi connectivity index (χ1n) is 9.76. The Morgan fingerprint density at radius 1 is 1.17 bits per heavy atom. The maximum absolute atomic E-state index is 14.6. The molecule has 0 bridgehead atoms. The van der Waals surface area contributed by atoms with E-state index in [1.807, 2.05) is 0 Å². The molecule has 30 heavy (non-hydrogen) atoms. The Morgan fingerprint density at radius 3 is 2.60 bits per heavy atom. The van der Waals surface area contributed by atoms with Crippen molar-refractivity contribution in [2.45, 2.75) is 18.3 Å². The maximum Gasteiger partial charge on any atom is 0.325 e. The summed E-state index contributed by atoms with van der Waals surface area (Å²) in [6.07, 6.45) is 0.302. The van der Waals surface area contributed by atoms with Crippen LogP contribution < -0.4 is 10.2 Å². The van der Waals surface area contributed by atoms with Gasteiger partial charge in [-0.1, -0.05) is 24.3 Å². The van der Waals surface area contributed by atoms with Gasteiger partial charge in [-0.2, -0.15) is 0 Å². The van der Waals surface area contributed by atoms with Crippen LogP contribution in [0.25, 0.3) is 5.57 Å². The van der Waals surface area contributed by atoms with Crippen molar-refractivity contribution in [2.24, 2.45) is 0 Å². The van der Waals surface area contributed by atoms with Crippen LogP contribution in [0.4, 0.5) is 23.7 Å². The van der Waals surface area contributed by atoms with Crippen molar-refractivity contribution in [1.29, 1.82) is 0 Å². The second-order valence-corrected chi connectivity index (χ2v) is 7.42. The fourth-order valence-electron chi connectivity index (χ4n) is 4.01. The monoisotopic (exact) mass is 417 g/mol. The van der Waals surface area contributed by atoms with Gasteiger partial charge in [0.1, 0.15) is 17.8 Å². The molecule has 1 saturated heterocycles.